The Balaban J connectivity index is 1.67. The first-order chi connectivity index (χ1) is 13.8. The molecule has 28 heavy (non-hydrogen) atoms. The van der Waals surface area contributed by atoms with Gasteiger partial charge in [-0.25, -0.2) is 0 Å². The van der Waals surface area contributed by atoms with Gasteiger partial charge in [0, 0.05) is 25.2 Å². The van der Waals surface area contributed by atoms with Crippen LogP contribution in [0.2, 0.25) is 0 Å². The van der Waals surface area contributed by atoms with Gasteiger partial charge in [-0.05, 0) is 49.2 Å². The van der Waals surface area contributed by atoms with E-state index in [0.29, 0.717) is 0 Å². The average molecular weight is 370 g/mol. The van der Waals surface area contributed by atoms with Crippen LogP contribution in [0.1, 0.15) is 37.4 Å². The number of rotatable bonds is 6. The van der Waals surface area contributed by atoms with Crippen molar-refractivity contribution in [3.63, 3.8) is 0 Å². The van der Waals surface area contributed by atoms with Gasteiger partial charge in [-0.3, -0.25) is 5.01 Å². The van der Waals surface area contributed by atoms with Crippen molar-refractivity contribution in [2.45, 2.75) is 26.3 Å². The van der Waals surface area contributed by atoms with Gasteiger partial charge in [0.1, 0.15) is 0 Å². The minimum absolute atomic E-state index is 0.211. The molecule has 0 unspecified atom stereocenters. The van der Waals surface area contributed by atoms with Crippen molar-refractivity contribution in [3.05, 3.63) is 96.1 Å². The number of anilines is 2. The molecule has 0 radical (unpaired) electrons. The van der Waals surface area contributed by atoms with E-state index in [0.717, 1.165) is 30.9 Å². The molecular formula is C25H27N3. The van der Waals surface area contributed by atoms with Crippen LogP contribution in [0.25, 0.3) is 0 Å². The molecule has 3 heteroatoms. The summed E-state index contributed by atoms with van der Waals surface area (Å²) in [5, 5.41) is 7.19. The molecule has 1 atom stereocenters. The van der Waals surface area contributed by atoms with Crippen LogP contribution in [0.5, 0.6) is 0 Å². The zero-order valence-electron chi connectivity index (χ0n) is 16.6. The van der Waals surface area contributed by atoms with Crippen LogP contribution in [0.4, 0.5) is 11.4 Å². The minimum Gasteiger partial charge on any atom is -0.372 e. The van der Waals surface area contributed by atoms with Crippen LogP contribution in [0, 0.1) is 0 Å². The summed E-state index contributed by atoms with van der Waals surface area (Å²) in [5.74, 6) is 0. The Morgan fingerprint density at radius 1 is 0.821 bits per heavy atom. The highest BCUT2D eigenvalue weighted by atomic mass is 15.5. The quantitative estimate of drug-likeness (QED) is 0.539. The molecule has 1 heterocycles. The Morgan fingerprint density at radius 2 is 1.43 bits per heavy atom. The van der Waals surface area contributed by atoms with Gasteiger partial charge in [-0.1, -0.05) is 60.7 Å². The summed E-state index contributed by atoms with van der Waals surface area (Å²) < 4.78 is 0. The van der Waals surface area contributed by atoms with Gasteiger partial charge >= 0.3 is 0 Å². The zero-order valence-corrected chi connectivity index (χ0v) is 16.6. The molecule has 4 rings (SSSR count). The van der Waals surface area contributed by atoms with Gasteiger partial charge in [-0.2, -0.15) is 5.10 Å². The van der Waals surface area contributed by atoms with Crippen molar-refractivity contribution in [2.24, 2.45) is 5.10 Å². The SMILES string of the molecule is CCN(CC)c1ccc([C@@H]2CC(c3ccccc3)=NN2c2ccccc2)cc1. The first-order valence-electron chi connectivity index (χ1n) is 10.1. The van der Waals surface area contributed by atoms with Crippen molar-refractivity contribution >= 4 is 17.1 Å². The highest BCUT2D eigenvalue weighted by Gasteiger charge is 2.29. The fraction of sp³-hybridized carbons (Fsp3) is 0.240. The molecular weight excluding hydrogens is 342 g/mol. The molecule has 1 aliphatic heterocycles. The van der Waals surface area contributed by atoms with Gasteiger partial charge in [0.25, 0.3) is 0 Å². The topological polar surface area (TPSA) is 18.8 Å². The first-order valence-corrected chi connectivity index (χ1v) is 10.1. The number of hydrazone groups is 1. The Labute approximate surface area is 167 Å². The number of nitrogens with zero attached hydrogens (tertiary/aromatic N) is 3. The number of hydrogen-bond donors (Lipinski definition) is 0. The molecule has 0 aromatic heterocycles. The smallest absolute Gasteiger partial charge is 0.0831 e. The molecule has 3 aromatic rings. The molecule has 0 saturated heterocycles. The predicted octanol–water partition coefficient (Wildman–Crippen LogP) is 5.89. The van der Waals surface area contributed by atoms with Gasteiger partial charge in [-0.15, -0.1) is 0 Å². The molecule has 0 N–H and O–H groups in total. The van der Waals surface area contributed by atoms with E-state index >= 15 is 0 Å². The van der Waals surface area contributed by atoms with Crippen molar-refractivity contribution in [3.8, 4) is 0 Å². The van der Waals surface area contributed by atoms with Crippen molar-refractivity contribution in [1.82, 2.24) is 0 Å². The van der Waals surface area contributed by atoms with Gasteiger partial charge in [0.2, 0.25) is 0 Å². The van der Waals surface area contributed by atoms with E-state index < -0.39 is 0 Å². The lowest BCUT2D eigenvalue weighted by molar-refractivity contribution is 0.708. The Hall–Kier alpha value is -3.07. The third-order valence-electron chi connectivity index (χ3n) is 5.44. The summed E-state index contributed by atoms with van der Waals surface area (Å²) in [6.07, 6.45) is 0.906. The average Bonchev–Trinajstić information content (AvgIpc) is 3.22. The van der Waals surface area contributed by atoms with E-state index in [4.69, 9.17) is 5.10 Å². The summed E-state index contributed by atoms with van der Waals surface area (Å²) in [5.41, 5.74) is 6.05. The van der Waals surface area contributed by atoms with E-state index in [1.165, 1.54) is 16.8 Å². The summed E-state index contributed by atoms with van der Waals surface area (Å²) in [7, 11) is 0. The van der Waals surface area contributed by atoms with E-state index in [-0.39, 0.29) is 6.04 Å². The third-order valence-corrected chi connectivity index (χ3v) is 5.44. The zero-order chi connectivity index (χ0) is 19.3. The highest BCUT2D eigenvalue weighted by molar-refractivity contribution is 6.03. The van der Waals surface area contributed by atoms with Crippen LogP contribution in [0.3, 0.4) is 0 Å². The second kappa shape index (κ2) is 8.30. The normalized spacial score (nSPS) is 16.1. The maximum atomic E-state index is 5.02. The molecule has 0 amide bonds. The second-order valence-corrected chi connectivity index (χ2v) is 7.08. The minimum atomic E-state index is 0.211. The van der Waals surface area contributed by atoms with Crippen LogP contribution < -0.4 is 9.91 Å². The Kier molecular flexibility index (Phi) is 5.43. The van der Waals surface area contributed by atoms with E-state index in [1.54, 1.807) is 0 Å². The van der Waals surface area contributed by atoms with E-state index in [2.05, 4.69) is 109 Å². The standard InChI is InChI=1S/C25H27N3/c1-3-27(4-2)22-17-15-21(16-18-22)25-19-24(20-11-7-5-8-12-20)26-28(25)23-13-9-6-10-14-23/h5-18,25H,3-4,19H2,1-2H3/t25-/m0/s1. The van der Waals surface area contributed by atoms with Gasteiger partial charge in [0.05, 0.1) is 17.4 Å². The van der Waals surface area contributed by atoms with Crippen LogP contribution in [-0.2, 0) is 0 Å². The molecule has 1 aliphatic rings. The maximum absolute atomic E-state index is 5.02. The second-order valence-electron chi connectivity index (χ2n) is 7.08. The summed E-state index contributed by atoms with van der Waals surface area (Å²) in [4.78, 5) is 2.37. The van der Waals surface area contributed by atoms with Gasteiger partial charge < -0.3 is 4.90 Å². The van der Waals surface area contributed by atoms with Crippen LogP contribution in [0.15, 0.2) is 90.0 Å². The number of hydrogen-bond acceptors (Lipinski definition) is 3. The summed E-state index contributed by atoms with van der Waals surface area (Å²) in [6.45, 7) is 6.45. The van der Waals surface area contributed by atoms with Gasteiger partial charge in [0.15, 0.2) is 0 Å². The largest absolute Gasteiger partial charge is 0.372 e. The molecule has 0 spiro atoms. The van der Waals surface area contributed by atoms with Crippen molar-refractivity contribution in [1.29, 1.82) is 0 Å². The lowest BCUT2D eigenvalue weighted by Crippen LogP contribution is -2.22. The number of para-hydroxylation sites is 1. The lowest BCUT2D eigenvalue weighted by atomic mass is 9.98. The summed E-state index contributed by atoms with van der Waals surface area (Å²) in [6, 6.07) is 30.2. The Bertz CT molecular complexity index is 913. The highest BCUT2D eigenvalue weighted by Crippen LogP contribution is 2.37. The molecule has 0 fully saturated rings. The van der Waals surface area contributed by atoms with Crippen molar-refractivity contribution in [2.75, 3.05) is 23.0 Å². The molecule has 3 nitrogen and oxygen atoms in total. The monoisotopic (exact) mass is 369 g/mol. The Morgan fingerprint density at radius 3 is 2.04 bits per heavy atom. The summed E-state index contributed by atoms with van der Waals surface area (Å²) >= 11 is 0. The lowest BCUT2D eigenvalue weighted by Gasteiger charge is -2.25. The van der Waals surface area contributed by atoms with Crippen LogP contribution >= 0.6 is 0 Å². The number of benzene rings is 3. The molecule has 0 saturated carbocycles. The molecule has 0 aliphatic carbocycles. The van der Waals surface area contributed by atoms with E-state index in [1.807, 2.05) is 0 Å². The maximum Gasteiger partial charge on any atom is 0.0831 e. The fourth-order valence-corrected chi connectivity index (χ4v) is 3.89. The fourth-order valence-electron chi connectivity index (χ4n) is 3.89. The molecule has 142 valence electrons. The predicted molar refractivity (Wildman–Crippen MR) is 119 cm³/mol. The molecule has 3 aromatic carbocycles. The third kappa shape index (κ3) is 3.65. The van der Waals surface area contributed by atoms with Crippen molar-refractivity contribution < 1.29 is 0 Å². The van der Waals surface area contributed by atoms with Crippen LogP contribution in [-0.4, -0.2) is 18.8 Å². The van der Waals surface area contributed by atoms with E-state index in [9.17, 15) is 0 Å². The first kappa shape index (κ1) is 18.3. The molecule has 0 bridgehead atoms.